The van der Waals surface area contributed by atoms with Gasteiger partial charge in [0.25, 0.3) is 5.91 Å². The quantitative estimate of drug-likeness (QED) is 0.594. The average Bonchev–Trinajstić information content (AvgIpc) is 2.59. The van der Waals surface area contributed by atoms with Crippen LogP contribution in [0.1, 0.15) is 6.42 Å². The highest BCUT2D eigenvalue weighted by Crippen LogP contribution is 2.18. The van der Waals surface area contributed by atoms with Crippen LogP contribution in [0.5, 0.6) is 11.5 Å². The number of nitrogens with zero attached hydrogens (tertiary/aromatic N) is 2. The molecule has 0 unspecified atom stereocenters. The predicted molar refractivity (Wildman–Crippen MR) is 90.3 cm³/mol. The van der Waals surface area contributed by atoms with Crippen LogP contribution >= 0.6 is 0 Å². The Labute approximate surface area is 143 Å². The first-order valence-corrected chi connectivity index (χ1v) is 7.72. The lowest BCUT2D eigenvalue weighted by Gasteiger charge is -2.24. The van der Waals surface area contributed by atoms with Gasteiger partial charge in [0.15, 0.2) is 6.61 Å². The highest BCUT2D eigenvalue weighted by Gasteiger charge is 2.16. The molecule has 0 aromatic heterocycles. The van der Waals surface area contributed by atoms with Crippen molar-refractivity contribution in [1.29, 1.82) is 0 Å². The van der Waals surface area contributed by atoms with Crippen LogP contribution in [-0.4, -0.2) is 76.2 Å². The molecule has 0 fully saturated rings. The zero-order chi connectivity index (χ0) is 17.9. The summed E-state index contributed by atoms with van der Waals surface area (Å²) in [6.45, 7) is 1.43. The lowest BCUT2D eigenvalue weighted by atomic mass is 10.3. The Bertz CT molecular complexity index is 533. The number of carbonyl (C=O) groups is 2. The van der Waals surface area contributed by atoms with Crippen molar-refractivity contribution in [3.05, 3.63) is 24.3 Å². The van der Waals surface area contributed by atoms with Crippen LogP contribution in [0.2, 0.25) is 0 Å². The Hall–Kier alpha value is -2.28. The largest absolute Gasteiger partial charge is 0.497 e. The maximum atomic E-state index is 12.4. The summed E-state index contributed by atoms with van der Waals surface area (Å²) in [5.74, 6) is 0.702. The maximum Gasteiger partial charge on any atom is 0.307 e. The number of ether oxygens (including phenoxy) is 3. The zero-order valence-electron chi connectivity index (χ0n) is 14.8. The third-order valence-electron chi connectivity index (χ3n) is 3.39. The van der Waals surface area contributed by atoms with Crippen LogP contribution in [0.4, 0.5) is 0 Å². The van der Waals surface area contributed by atoms with Gasteiger partial charge in [-0.25, -0.2) is 0 Å². The maximum absolute atomic E-state index is 12.4. The van der Waals surface area contributed by atoms with Crippen LogP contribution in [0, 0.1) is 0 Å². The van der Waals surface area contributed by atoms with E-state index in [1.165, 1.54) is 7.11 Å². The summed E-state index contributed by atoms with van der Waals surface area (Å²) >= 11 is 0. The molecule has 1 aromatic carbocycles. The first-order chi connectivity index (χ1) is 11.5. The number of rotatable bonds is 10. The molecule has 7 nitrogen and oxygen atoms in total. The molecule has 0 aliphatic carbocycles. The highest BCUT2D eigenvalue weighted by molar-refractivity contribution is 5.78. The van der Waals surface area contributed by atoms with E-state index in [1.54, 1.807) is 36.3 Å². The molecule has 0 saturated heterocycles. The highest BCUT2D eigenvalue weighted by atomic mass is 16.5. The number of esters is 1. The molecule has 1 amide bonds. The molecule has 0 atom stereocenters. The molecular weight excluding hydrogens is 312 g/mol. The standard InChI is InChI=1S/C17H26N2O5/c1-18(2)10-11-19(9-8-17(21)23-4)16(20)13-24-15-7-5-6-14(12-15)22-3/h5-7,12H,8-11,13H2,1-4H3. The van der Waals surface area contributed by atoms with Crippen LogP contribution in [0.3, 0.4) is 0 Å². The predicted octanol–water partition coefficient (Wildman–Crippen LogP) is 1.03. The smallest absolute Gasteiger partial charge is 0.307 e. The van der Waals surface area contributed by atoms with Gasteiger partial charge in [0, 0.05) is 25.7 Å². The van der Waals surface area contributed by atoms with Gasteiger partial charge < -0.3 is 24.0 Å². The summed E-state index contributed by atoms with van der Waals surface area (Å²) in [5, 5.41) is 0. The van der Waals surface area contributed by atoms with E-state index >= 15 is 0 Å². The molecule has 0 heterocycles. The number of carbonyl (C=O) groups excluding carboxylic acids is 2. The van der Waals surface area contributed by atoms with E-state index in [4.69, 9.17) is 9.47 Å². The van der Waals surface area contributed by atoms with Crippen LogP contribution in [0.15, 0.2) is 24.3 Å². The Kier molecular flexibility index (Phi) is 8.64. The molecule has 0 aliphatic rings. The first-order valence-electron chi connectivity index (χ1n) is 7.72. The molecule has 0 bridgehead atoms. The first kappa shape index (κ1) is 19.8. The minimum Gasteiger partial charge on any atom is -0.497 e. The molecule has 0 N–H and O–H groups in total. The summed E-state index contributed by atoms with van der Waals surface area (Å²) in [4.78, 5) is 27.3. The normalized spacial score (nSPS) is 10.4. The van der Waals surface area contributed by atoms with E-state index in [2.05, 4.69) is 4.74 Å². The van der Waals surface area contributed by atoms with E-state index in [1.807, 2.05) is 19.0 Å². The van der Waals surface area contributed by atoms with Crippen molar-refractivity contribution < 1.29 is 23.8 Å². The fourth-order valence-corrected chi connectivity index (χ4v) is 1.94. The fraction of sp³-hybridized carbons (Fsp3) is 0.529. The van der Waals surface area contributed by atoms with Gasteiger partial charge in [0.1, 0.15) is 11.5 Å². The Morgan fingerprint density at radius 2 is 1.75 bits per heavy atom. The van der Waals surface area contributed by atoms with Gasteiger partial charge in [-0.05, 0) is 26.2 Å². The molecule has 7 heteroatoms. The molecule has 1 aromatic rings. The van der Waals surface area contributed by atoms with Gasteiger partial charge >= 0.3 is 5.97 Å². The van der Waals surface area contributed by atoms with Crippen LogP contribution < -0.4 is 9.47 Å². The van der Waals surface area contributed by atoms with Gasteiger partial charge in [0.05, 0.1) is 20.6 Å². The van der Waals surface area contributed by atoms with E-state index in [9.17, 15) is 9.59 Å². The Morgan fingerprint density at radius 1 is 1.04 bits per heavy atom. The topological polar surface area (TPSA) is 68.3 Å². The molecule has 24 heavy (non-hydrogen) atoms. The van der Waals surface area contributed by atoms with Gasteiger partial charge in [-0.2, -0.15) is 0 Å². The lowest BCUT2D eigenvalue weighted by Crippen LogP contribution is -2.40. The summed E-state index contributed by atoms with van der Waals surface area (Å²) in [6.07, 6.45) is 0.162. The molecular formula is C17H26N2O5. The molecule has 0 radical (unpaired) electrons. The van der Waals surface area contributed by atoms with E-state index in [0.717, 1.165) is 0 Å². The fourth-order valence-electron chi connectivity index (χ4n) is 1.94. The minimum absolute atomic E-state index is 0.0955. The van der Waals surface area contributed by atoms with Crippen LogP contribution in [-0.2, 0) is 14.3 Å². The second kappa shape index (κ2) is 10.5. The number of amides is 1. The van der Waals surface area contributed by atoms with Crippen molar-refractivity contribution in [2.24, 2.45) is 0 Å². The molecule has 1 rings (SSSR count). The third kappa shape index (κ3) is 7.32. The SMILES string of the molecule is COC(=O)CCN(CCN(C)C)C(=O)COc1cccc(OC)c1. The Morgan fingerprint density at radius 3 is 2.38 bits per heavy atom. The summed E-state index contributed by atoms with van der Waals surface area (Å²) in [7, 11) is 6.76. The molecule has 0 spiro atoms. The molecule has 0 saturated carbocycles. The van der Waals surface area contributed by atoms with Crippen molar-refractivity contribution in [3.63, 3.8) is 0 Å². The monoisotopic (exact) mass is 338 g/mol. The van der Waals surface area contributed by atoms with Gasteiger partial charge in [-0.3, -0.25) is 9.59 Å². The van der Waals surface area contributed by atoms with Crippen molar-refractivity contribution in [2.45, 2.75) is 6.42 Å². The number of hydrogen-bond acceptors (Lipinski definition) is 6. The van der Waals surface area contributed by atoms with Crippen molar-refractivity contribution in [1.82, 2.24) is 9.80 Å². The number of benzene rings is 1. The summed E-state index contributed by atoms with van der Waals surface area (Å²) < 4.78 is 15.3. The molecule has 0 aliphatic heterocycles. The average molecular weight is 338 g/mol. The van der Waals surface area contributed by atoms with Crippen molar-refractivity contribution >= 4 is 11.9 Å². The van der Waals surface area contributed by atoms with Gasteiger partial charge in [0.2, 0.25) is 0 Å². The summed E-state index contributed by atoms with van der Waals surface area (Å²) in [5.41, 5.74) is 0. The summed E-state index contributed by atoms with van der Waals surface area (Å²) in [6, 6.07) is 7.06. The van der Waals surface area contributed by atoms with Crippen molar-refractivity contribution in [2.75, 3.05) is 54.6 Å². The third-order valence-corrected chi connectivity index (χ3v) is 3.39. The second-order valence-corrected chi connectivity index (χ2v) is 5.48. The lowest BCUT2D eigenvalue weighted by molar-refractivity contribution is -0.142. The van der Waals surface area contributed by atoms with E-state index < -0.39 is 0 Å². The Balaban J connectivity index is 2.59. The van der Waals surface area contributed by atoms with E-state index in [0.29, 0.717) is 31.1 Å². The molecule has 134 valence electrons. The van der Waals surface area contributed by atoms with Gasteiger partial charge in [-0.15, -0.1) is 0 Å². The van der Waals surface area contributed by atoms with E-state index in [-0.39, 0.29) is 24.9 Å². The number of methoxy groups -OCH3 is 2. The minimum atomic E-state index is -0.341. The van der Waals surface area contributed by atoms with Gasteiger partial charge in [-0.1, -0.05) is 6.07 Å². The van der Waals surface area contributed by atoms with Crippen LogP contribution in [0.25, 0.3) is 0 Å². The zero-order valence-corrected chi connectivity index (χ0v) is 14.8. The number of hydrogen-bond donors (Lipinski definition) is 0. The van der Waals surface area contributed by atoms with Crippen molar-refractivity contribution in [3.8, 4) is 11.5 Å². The number of likely N-dealkylation sites (N-methyl/N-ethyl adjacent to an activating group) is 1. The second-order valence-electron chi connectivity index (χ2n) is 5.48.